The van der Waals surface area contributed by atoms with Gasteiger partial charge in [-0.15, -0.1) is 0 Å². The van der Waals surface area contributed by atoms with Crippen molar-refractivity contribution in [3.63, 3.8) is 0 Å². The predicted molar refractivity (Wildman–Crippen MR) is 100.0 cm³/mol. The van der Waals surface area contributed by atoms with Crippen LogP contribution in [0, 0.1) is 0 Å². The van der Waals surface area contributed by atoms with Crippen molar-refractivity contribution in [1.29, 1.82) is 0 Å². The number of nitrogens with zero attached hydrogens (tertiary/aromatic N) is 1. The summed E-state index contributed by atoms with van der Waals surface area (Å²) in [6, 6.07) is 14.0. The SMILES string of the molecule is CCNC(=O)c1ccccc1-c1ccc(S(=O)(=O)N(CC)CC)cc1. The Hall–Kier alpha value is -2.18. The first-order chi connectivity index (χ1) is 12.0. The molecule has 0 bridgehead atoms. The zero-order chi connectivity index (χ0) is 18.4. The van der Waals surface area contributed by atoms with E-state index in [9.17, 15) is 13.2 Å². The molecule has 0 fully saturated rings. The van der Waals surface area contributed by atoms with Crippen molar-refractivity contribution in [2.45, 2.75) is 25.7 Å². The maximum Gasteiger partial charge on any atom is 0.251 e. The number of carbonyl (C=O) groups excluding carboxylic acids is 1. The van der Waals surface area contributed by atoms with E-state index in [1.807, 2.05) is 39.0 Å². The van der Waals surface area contributed by atoms with Gasteiger partial charge in [-0.05, 0) is 36.2 Å². The van der Waals surface area contributed by atoms with Crippen LogP contribution < -0.4 is 5.32 Å². The summed E-state index contributed by atoms with van der Waals surface area (Å²) in [5.74, 6) is -0.141. The van der Waals surface area contributed by atoms with Gasteiger partial charge in [-0.3, -0.25) is 4.79 Å². The van der Waals surface area contributed by atoms with E-state index in [1.165, 1.54) is 4.31 Å². The third kappa shape index (κ3) is 4.08. The van der Waals surface area contributed by atoms with Crippen LogP contribution in [-0.2, 0) is 10.0 Å². The molecule has 0 aliphatic carbocycles. The average molecular weight is 360 g/mol. The first-order valence-electron chi connectivity index (χ1n) is 8.43. The molecule has 0 saturated carbocycles. The molecular weight excluding hydrogens is 336 g/mol. The molecule has 2 aromatic rings. The highest BCUT2D eigenvalue weighted by Gasteiger charge is 2.21. The van der Waals surface area contributed by atoms with Crippen molar-refractivity contribution in [1.82, 2.24) is 9.62 Å². The van der Waals surface area contributed by atoms with Crippen molar-refractivity contribution in [3.05, 3.63) is 54.1 Å². The predicted octanol–water partition coefficient (Wildman–Crippen LogP) is 3.13. The Morgan fingerprint density at radius 3 is 2.12 bits per heavy atom. The molecule has 0 radical (unpaired) electrons. The number of sulfonamides is 1. The fourth-order valence-electron chi connectivity index (χ4n) is 2.71. The molecule has 5 nitrogen and oxygen atoms in total. The molecule has 0 unspecified atom stereocenters. The first-order valence-corrected chi connectivity index (χ1v) is 9.87. The summed E-state index contributed by atoms with van der Waals surface area (Å²) in [6.45, 7) is 6.92. The fraction of sp³-hybridized carbons (Fsp3) is 0.316. The summed E-state index contributed by atoms with van der Waals surface area (Å²) in [5, 5.41) is 2.80. The Kier molecular flexibility index (Phi) is 6.33. The third-order valence-electron chi connectivity index (χ3n) is 4.02. The number of amides is 1. The number of rotatable bonds is 7. The number of benzene rings is 2. The normalized spacial score (nSPS) is 11.5. The molecule has 0 aliphatic rings. The molecule has 0 atom stereocenters. The van der Waals surface area contributed by atoms with Crippen LogP contribution in [0.3, 0.4) is 0 Å². The molecule has 0 aromatic heterocycles. The van der Waals surface area contributed by atoms with E-state index < -0.39 is 10.0 Å². The maximum absolute atomic E-state index is 12.6. The van der Waals surface area contributed by atoms with Crippen molar-refractivity contribution in [3.8, 4) is 11.1 Å². The highest BCUT2D eigenvalue weighted by atomic mass is 32.2. The van der Waals surface area contributed by atoms with Gasteiger partial charge in [0.25, 0.3) is 5.91 Å². The second kappa shape index (κ2) is 8.27. The summed E-state index contributed by atoms with van der Waals surface area (Å²) >= 11 is 0. The van der Waals surface area contributed by atoms with Crippen molar-refractivity contribution < 1.29 is 13.2 Å². The van der Waals surface area contributed by atoms with E-state index >= 15 is 0 Å². The number of carbonyl (C=O) groups is 1. The van der Waals surface area contributed by atoms with Crippen LogP contribution in [0.4, 0.5) is 0 Å². The Morgan fingerprint density at radius 1 is 0.960 bits per heavy atom. The molecule has 2 rings (SSSR count). The molecular formula is C19H24N2O3S. The topological polar surface area (TPSA) is 66.5 Å². The zero-order valence-electron chi connectivity index (χ0n) is 14.8. The van der Waals surface area contributed by atoms with Gasteiger partial charge in [0.05, 0.1) is 4.90 Å². The van der Waals surface area contributed by atoms with Crippen LogP contribution >= 0.6 is 0 Å². The van der Waals surface area contributed by atoms with Crippen LogP contribution in [0.5, 0.6) is 0 Å². The highest BCUT2D eigenvalue weighted by Crippen LogP contribution is 2.26. The quantitative estimate of drug-likeness (QED) is 0.825. The Morgan fingerprint density at radius 2 is 1.56 bits per heavy atom. The zero-order valence-corrected chi connectivity index (χ0v) is 15.6. The van der Waals surface area contributed by atoms with Crippen molar-refractivity contribution >= 4 is 15.9 Å². The number of nitrogens with one attached hydrogen (secondary N) is 1. The number of hydrogen-bond acceptors (Lipinski definition) is 3. The lowest BCUT2D eigenvalue weighted by atomic mass is 9.99. The summed E-state index contributed by atoms with van der Waals surface area (Å²) in [7, 11) is -3.48. The lowest BCUT2D eigenvalue weighted by molar-refractivity contribution is 0.0956. The summed E-state index contributed by atoms with van der Waals surface area (Å²) in [5.41, 5.74) is 2.16. The maximum atomic E-state index is 12.6. The molecule has 0 aliphatic heterocycles. The molecule has 0 saturated heterocycles. The van der Waals surface area contributed by atoms with Gasteiger partial charge < -0.3 is 5.32 Å². The number of hydrogen-bond donors (Lipinski definition) is 1. The van der Waals surface area contributed by atoms with Gasteiger partial charge in [0.2, 0.25) is 10.0 Å². The van der Waals surface area contributed by atoms with E-state index in [0.29, 0.717) is 25.2 Å². The molecule has 134 valence electrons. The molecule has 25 heavy (non-hydrogen) atoms. The summed E-state index contributed by atoms with van der Waals surface area (Å²) < 4.78 is 26.6. The Balaban J connectivity index is 2.41. The van der Waals surface area contributed by atoms with E-state index in [0.717, 1.165) is 11.1 Å². The smallest absolute Gasteiger partial charge is 0.251 e. The van der Waals surface area contributed by atoms with Gasteiger partial charge in [0.1, 0.15) is 0 Å². The van der Waals surface area contributed by atoms with Gasteiger partial charge in [0, 0.05) is 25.2 Å². The molecule has 0 heterocycles. The van der Waals surface area contributed by atoms with Crippen molar-refractivity contribution in [2.75, 3.05) is 19.6 Å². The first kappa shape index (κ1) is 19.1. The van der Waals surface area contributed by atoms with Gasteiger partial charge in [0.15, 0.2) is 0 Å². The van der Waals surface area contributed by atoms with Crippen LogP contribution in [0.25, 0.3) is 11.1 Å². The second-order valence-electron chi connectivity index (χ2n) is 5.52. The summed E-state index contributed by atoms with van der Waals surface area (Å²) in [6.07, 6.45) is 0. The van der Waals surface area contributed by atoms with Crippen LogP contribution in [0.2, 0.25) is 0 Å². The van der Waals surface area contributed by atoms with Gasteiger partial charge >= 0.3 is 0 Å². The van der Waals surface area contributed by atoms with Crippen LogP contribution in [0.15, 0.2) is 53.4 Å². The van der Waals surface area contributed by atoms with Gasteiger partial charge in [-0.2, -0.15) is 4.31 Å². The molecule has 6 heteroatoms. The van der Waals surface area contributed by atoms with E-state index in [-0.39, 0.29) is 10.8 Å². The third-order valence-corrected chi connectivity index (χ3v) is 6.08. The fourth-order valence-corrected chi connectivity index (χ4v) is 4.17. The van der Waals surface area contributed by atoms with E-state index in [1.54, 1.807) is 30.3 Å². The lowest BCUT2D eigenvalue weighted by Gasteiger charge is -2.18. The van der Waals surface area contributed by atoms with Gasteiger partial charge in [-0.25, -0.2) is 8.42 Å². The molecule has 2 aromatic carbocycles. The van der Waals surface area contributed by atoms with Gasteiger partial charge in [-0.1, -0.05) is 44.2 Å². The standard InChI is InChI=1S/C19H24N2O3S/c1-4-20-19(22)18-10-8-7-9-17(18)15-11-13-16(14-12-15)25(23,24)21(5-2)6-3/h7-14H,4-6H2,1-3H3,(H,20,22). The minimum atomic E-state index is -3.48. The van der Waals surface area contributed by atoms with E-state index in [4.69, 9.17) is 0 Å². The average Bonchev–Trinajstić information content (AvgIpc) is 2.63. The lowest BCUT2D eigenvalue weighted by Crippen LogP contribution is -2.30. The largest absolute Gasteiger partial charge is 0.352 e. The molecule has 1 N–H and O–H groups in total. The van der Waals surface area contributed by atoms with Crippen LogP contribution in [-0.4, -0.2) is 38.3 Å². The van der Waals surface area contributed by atoms with Crippen molar-refractivity contribution in [2.24, 2.45) is 0 Å². The highest BCUT2D eigenvalue weighted by molar-refractivity contribution is 7.89. The van der Waals surface area contributed by atoms with E-state index in [2.05, 4.69) is 5.32 Å². The monoisotopic (exact) mass is 360 g/mol. The Bertz CT molecular complexity index is 826. The van der Waals surface area contributed by atoms with Crippen LogP contribution in [0.1, 0.15) is 31.1 Å². The minimum absolute atomic E-state index is 0.141. The molecule has 0 spiro atoms. The Labute approximate surface area is 149 Å². The summed E-state index contributed by atoms with van der Waals surface area (Å²) in [4.78, 5) is 12.5. The second-order valence-corrected chi connectivity index (χ2v) is 7.46. The molecule has 1 amide bonds. The minimum Gasteiger partial charge on any atom is -0.352 e.